The summed E-state index contributed by atoms with van der Waals surface area (Å²) in [6.45, 7) is 6.10. The summed E-state index contributed by atoms with van der Waals surface area (Å²) in [6, 6.07) is 13.8. The van der Waals surface area contributed by atoms with Crippen molar-refractivity contribution in [2.75, 3.05) is 55.7 Å². The van der Waals surface area contributed by atoms with Crippen LogP contribution in [0.3, 0.4) is 0 Å². The van der Waals surface area contributed by atoms with Gasteiger partial charge in [-0.25, -0.2) is 8.42 Å². The topological polar surface area (TPSA) is 108 Å². The average molecular weight is 475 g/mol. The van der Waals surface area contributed by atoms with Gasteiger partial charge in [-0.05, 0) is 62.4 Å². The molecule has 1 fully saturated rings. The van der Waals surface area contributed by atoms with E-state index in [4.69, 9.17) is 4.74 Å². The molecule has 9 nitrogen and oxygen atoms in total. The van der Waals surface area contributed by atoms with E-state index in [1.165, 1.54) is 4.31 Å². The lowest BCUT2D eigenvalue weighted by Gasteiger charge is -2.33. The van der Waals surface area contributed by atoms with E-state index in [1.54, 1.807) is 55.5 Å². The van der Waals surface area contributed by atoms with Crippen LogP contribution in [0.25, 0.3) is 0 Å². The molecule has 0 bridgehead atoms. The zero-order valence-electron chi connectivity index (χ0n) is 18.9. The molecule has 2 aromatic carbocycles. The van der Waals surface area contributed by atoms with Crippen LogP contribution in [0.4, 0.5) is 11.4 Å². The van der Waals surface area contributed by atoms with E-state index in [9.17, 15) is 18.0 Å². The first-order valence-electron chi connectivity index (χ1n) is 10.9. The molecule has 10 heteroatoms. The molecule has 2 N–H and O–H groups in total. The minimum atomic E-state index is -3.19. The van der Waals surface area contributed by atoms with Crippen LogP contribution in [0.5, 0.6) is 5.75 Å². The summed E-state index contributed by atoms with van der Waals surface area (Å²) >= 11 is 0. The highest BCUT2D eigenvalue weighted by Gasteiger charge is 2.26. The lowest BCUT2D eigenvalue weighted by atomic mass is 10.2. The number of anilines is 2. The fourth-order valence-electron chi connectivity index (χ4n) is 3.46. The minimum absolute atomic E-state index is 0.0850. The number of amides is 2. The fraction of sp³-hybridized carbons (Fsp3) is 0.391. The first-order chi connectivity index (χ1) is 15.8. The smallest absolute Gasteiger partial charge is 0.255 e. The van der Waals surface area contributed by atoms with Crippen molar-refractivity contribution in [3.05, 3.63) is 54.1 Å². The molecule has 1 aliphatic heterocycles. The Morgan fingerprint density at radius 2 is 1.45 bits per heavy atom. The summed E-state index contributed by atoms with van der Waals surface area (Å²) in [5.41, 5.74) is 1.72. The Morgan fingerprint density at radius 3 is 2.03 bits per heavy atom. The number of nitrogens with one attached hydrogen (secondary N) is 2. The van der Waals surface area contributed by atoms with E-state index in [-0.39, 0.29) is 24.1 Å². The van der Waals surface area contributed by atoms with Crippen molar-refractivity contribution in [2.24, 2.45) is 0 Å². The van der Waals surface area contributed by atoms with Gasteiger partial charge in [-0.3, -0.25) is 14.5 Å². The summed E-state index contributed by atoms with van der Waals surface area (Å²) in [7, 11) is -3.19. The monoisotopic (exact) mass is 474 g/mol. The fourth-order valence-corrected chi connectivity index (χ4v) is 4.55. The Morgan fingerprint density at radius 1 is 0.879 bits per heavy atom. The second-order valence-electron chi connectivity index (χ2n) is 7.61. The third-order valence-corrected chi connectivity index (χ3v) is 7.19. The second-order valence-corrected chi connectivity index (χ2v) is 9.87. The largest absolute Gasteiger partial charge is 0.494 e. The molecular weight excluding hydrogens is 444 g/mol. The highest BCUT2D eigenvalue weighted by atomic mass is 32.2. The molecule has 0 atom stereocenters. The number of hydrogen-bond donors (Lipinski definition) is 2. The van der Waals surface area contributed by atoms with Crippen LogP contribution in [-0.2, 0) is 14.8 Å². The Kier molecular flexibility index (Phi) is 8.43. The highest BCUT2D eigenvalue weighted by molar-refractivity contribution is 7.89. The molecule has 1 aliphatic rings. The van der Waals surface area contributed by atoms with Gasteiger partial charge in [0, 0.05) is 43.1 Å². The molecule has 0 radical (unpaired) electrons. The molecule has 3 rings (SSSR count). The van der Waals surface area contributed by atoms with Crippen LogP contribution in [0.15, 0.2) is 48.5 Å². The molecule has 0 aromatic heterocycles. The molecule has 2 aromatic rings. The van der Waals surface area contributed by atoms with Crippen molar-refractivity contribution in [1.82, 2.24) is 9.21 Å². The van der Waals surface area contributed by atoms with Crippen molar-refractivity contribution in [2.45, 2.75) is 13.8 Å². The minimum Gasteiger partial charge on any atom is -0.494 e. The zero-order valence-corrected chi connectivity index (χ0v) is 19.7. The predicted octanol–water partition coefficient (Wildman–Crippen LogP) is 2.24. The Hall–Kier alpha value is -2.95. The maximum Gasteiger partial charge on any atom is 0.255 e. The summed E-state index contributed by atoms with van der Waals surface area (Å²) in [5, 5.41) is 5.64. The lowest BCUT2D eigenvalue weighted by molar-refractivity contribution is -0.117. The van der Waals surface area contributed by atoms with Gasteiger partial charge in [-0.1, -0.05) is 0 Å². The Bertz CT molecular complexity index is 1050. The van der Waals surface area contributed by atoms with Gasteiger partial charge in [0.15, 0.2) is 0 Å². The zero-order chi connectivity index (χ0) is 23.8. The van der Waals surface area contributed by atoms with Crippen LogP contribution in [0, 0.1) is 0 Å². The number of benzene rings is 2. The van der Waals surface area contributed by atoms with Crippen molar-refractivity contribution < 1.29 is 22.7 Å². The van der Waals surface area contributed by atoms with Crippen LogP contribution in [-0.4, -0.2) is 74.5 Å². The number of piperazine rings is 1. The molecule has 33 heavy (non-hydrogen) atoms. The van der Waals surface area contributed by atoms with E-state index in [0.29, 0.717) is 49.7 Å². The molecule has 1 heterocycles. The Labute approximate surface area is 194 Å². The number of sulfonamides is 1. The number of carbonyl (C=O) groups excluding carboxylic acids is 2. The quantitative estimate of drug-likeness (QED) is 0.577. The summed E-state index contributed by atoms with van der Waals surface area (Å²) < 4.78 is 30.7. The third kappa shape index (κ3) is 7.01. The van der Waals surface area contributed by atoms with E-state index in [2.05, 4.69) is 10.6 Å². The molecule has 1 saturated heterocycles. The SMILES string of the molecule is CCOc1ccc(NC(=O)c2ccc(NC(=O)CN3CCN(S(=O)(=O)CC)CC3)cc2)cc1. The van der Waals surface area contributed by atoms with Crippen LogP contribution in [0.2, 0.25) is 0 Å². The third-order valence-electron chi connectivity index (χ3n) is 5.31. The molecule has 2 amide bonds. The number of ether oxygens (including phenoxy) is 1. The van der Waals surface area contributed by atoms with Gasteiger partial charge in [0.1, 0.15) is 5.75 Å². The molecule has 178 valence electrons. The average Bonchev–Trinajstić information content (AvgIpc) is 2.81. The first kappa shape index (κ1) is 24.7. The van der Waals surface area contributed by atoms with Gasteiger partial charge in [0.05, 0.1) is 18.9 Å². The van der Waals surface area contributed by atoms with Crippen molar-refractivity contribution >= 4 is 33.2 Å². The predicted molar refractivity (Wildman–Crippen MR) is 128 cm³/mol. The standard InChI is InChI=1S/C23H30N4O5S/c1-3-32-21-11-9-20(10-12-21)25-23(29)18-5-7-19(8-6-18)24-22(28)17-26-13-15-27(16-14-26)33(30,31)4-2/h5-12H,3-4,13-17H2,1-2H3,(H,24,28)(H,25,29). The number of carbonyl (C=O) groups is 2. The van der Waals surface area contributed by atoms with Crippen molar-refractivity contribution in [3.63, 3.8) is 0 Å². The maximum atomic E-state index is 12.5. The molecular formula is C23H30N4O5S. The summed E-state index contributed by atoms with van der Waals surface area (Å²) in [5.74, 6) is 0.385. The van der Waals surface area contributed by atoms with Crippen LogP contribution in [0.1, 0.15) is 24.2 Å². The van der Waals surface area contributed by atoms with Gasteiger partial charge in [-0.2, -0.15) is 4.31 Å². The maximum absolute atomic E-state index is 12.5. The normalized spacial score (nSPS) is 15.1. The lowest BCUT2D eigenvalue weighted by Crippen LogP contribution is -2.50. The number of nitrogens with zero attached hydrogens (tertiary/aromatic N) is 2. The van der Waals surface area contributed by atoms with E-state index in [1.807, 2.05) is 11.8 Å². The van der Waals surface area contributed by atoms with Gasteiger partial charge in [0.25, 0.3) is 5.91 Å². The molecule has 0 spiro atoms. The second kappa shape index (κ2) is 11.3. The molecule has 0 unspecified atom stereocenters. The van der Waals surface area contributed by atoms with Crippen molar-refractivity contribution in [1.29, 1.82) is 0 Å². The van der Waals surface area contributed by atoms with Crippen molar-refractivity contribution in [3.8, 4) is 5.75 Å². The highest BCUT2D eigenvalue weighted by Crippen LogP contribution is 2.17. The summed E-state index contributed by atoms with van der Waals surface area (Å²) in [6.07, 6.45) is 0. The number of hydrogen-bond acceptors (Lipinski definition) is 6. The Balaban J connectivity index is 1.47. The number of rotatable bonds is 9. The van der Waals surface area contributed by atoms with Gasteiger partial charge >= 0.3 is 0 Å². The summed E-state index contributed by atoms with van der Waals surface area (Å²) in [4.78, 5) is 26.8. The molecule has 0 saturated carbocycles. The first-order valence-corrected chi connectivity index (χ1v) is 12.6. The van der Waals surface area contributed by atoms with E-state index >= 15 is 0 Å². The van der Waals surface area contributed by atoms with Gasteiger partial charge in [-0.15, -0.1) is 0 Å². The van der Waals surface area contributed by atoms with E-state index in [0.717, 1.165) is 5.75 Å². The van der Waals surface area contributed by atoms with E-state index < -0.39 is 10.0 Å². The van der Waals surface area contributed by atoms with Crippen LogP contribution < -0.4 is 15.4 Å². The van der Waals surface area contributed by atoms with Gasteiger partial charge in [0.2, 0.25) is 15.9 Å². The molecule has 0 aliphatic carbocycles. The van der Waals surface area contributed by atoms with Crippen LogP contribution >= 0.6 is 0 Å². The van der Waals surface area contributed by atoms with Gasteiger partial charge < -0.3 is 15.4 Å².